The maximum Gasteiger partial charge on any atom is 0.220 e. The molecule has 0 saturated carbocycles. The summed E-state index contributed by atoms with van der Waals surface area (Å²) in [5.41, 5.74) is 0. The third kappa shape index (κ3) is 1.22. The maximum atomic E-state index is 11.0. The molecule has 1 amide bonds. The molecule has 1 aromatic rings. The summed E-state index contributed by atoms with van der Waals surface area (Å²) in [4.78, 5) is 15.2. The van der Waals surface area contributed by atoms with Gasteiger partial charge < -0.3 is 5.32 Å². The summed E-state index contributed by atoms with van der Waals surface area (Å²) >= 11 is 1.60. The molecule has 1 aliphatic rings. The van der Waals surface area contributed by atoms with Gasteiger partial charge >= 0.3 is 0 Å². The van der Waals surface area contributed by atoms with Gasteiger partial charge in [-0.05, 0) is 5.92 Å². The molecule has 0 bridgehead atoms. The van der Waals surface area contributed by atoms with Crippen LogP contribution in [-0.2, 0) is 4.79 Å². The van der Waals surface area contributed by atoms with Crippen molar-refractivity contribution in [3.8, 4) is 0 Å². The lowest BCUT2D eigenvalue weighted by molar-refractivity contribution is -0.119. The molecule has 0 aliphatic carbocycles. The van der Waals surface area contributed by atoms with Crippen molar-refractivity contribution in [2.75, 3.05) is 0 Å². The van der Waals surface area contributed by atoms with E-state index in [4.69, 9.17) is 0 Å². The summed E-state index contributed by atoms with van der Waals surface area (Å²) < 4.78 is 0. The zero-order valence-electron chi connectivity index (χ0n) is 6.78. The van der Waals surface area contributed by atoms with Crippen molar-refractivity contribution >= 4 is 17.2 Å². The van der Waals surface area contributed by atoms with Crippen LogP contribution >= 0.6 is 11.3 Å². The Bertz CT molecular complexity index is 283. The third-order valence-corrected chi connectivity index (χ3v) is 2.97. The van der Waals surface area contributed by atoms with Crippen LogP contribution in [0, 0.1) is 5.92 Å². The summed E-state index contributed by atoms with van der Waals surface area (Å²) in [5.74, 6) is 0.520. The highest BCUT2D eigenvalue weighted by molar-refractivity contribution is 7.09. The standard InChI is InChI=1S/C8H10N2OS/c1-5-4-6(11)10-7(5)8-9-2-3-12-8/h2-3,5,7H,4H2,1H3,(H,10,11)/t5-,7-/m0/s1. The van der Waals surface area contributed by atoms with Gasteiger partial charge in [0, 0.05) is 18.0 Å². The van der Waals surface area contributed by atoms with E-state index in [9.17, 15) is 4.79 Å². The molecule has 1 N–H and O–H groups in total. The molecule has 12 heavy (non-hydrogen) atoms. The number of carbonyl (C=O) groups excluding carboxylic acids is 1. The SMILES string of the molecule is C[C@H]1CC(=O)N[C@@H]1c1nccs1. The number of nitrogens with one attached hydrogen (secondary N) is 1. The summed E-state index contributed by atoms with van der Waals surface area (Å²) in [6, 6.07) is 0.150. The van der Waals surface area contributed by atoms with Crippen LogP contribution in [0.1, 0.15) is 24.4 Å². The van der Waals surface area contributed by atoms with E-state index in [1.165, 1.54) is 0 Å². The third-order valence-electron chi connectivity index (χ3n) is 2.11. The van der Waals surface area contributed by atoms with Crippen LogP contribution < -0.4 is 5.32 Å². The Kier molecular flexibility index (Phi) is 1.84. The van der Waals surface area contributed by atoms with Crippen LogP contribution in [0.15, 0.2) is 11.6 Å². The highest BCUT2D eigenvalue weighted by Gasteiger charge is 2.31. The van der Waals surface area contributed by atoms with Gasteiger partial charge in [-0.2, -0.15) is 0 Å². The largest absolute Gasteiger partial charge is 0.347 e. The minimum Gasteiger partial charge on any atom is -0.347 e. The van der Waals surface area contributed by atoms with E-state index >= 15 is 0 Å². The van der Waals surface area contributed by atoms with Crippen molar-refractivity contribution in [3.05, 3.63) is 16.6 Å². The predicted octanol–water partition coefficient (Wildman–Crippen LogP) is 1.34. The fourth-order valence-electron chi connectivity index (χ4n) is 1.48. The van der Waals surface area contributed by atoms with Crippen molar-refractivity contribution in [1.29, 1.82) is 0 Å². The lowest BCUT2D eigenvalue weighted by Crippen LogP contribution is -2.19. The van der Waals surface area contributed by atoms with Gasteiger partial charge in [0.1, 0.15) is 5.01 Å². The van der Waals surface area contributed by atoms with Crippen molar-refractivity contribution in [2.45, 2.75) is 19.4 Å². The van der Waals surface area contributed by atoms with Gasteiger partial charge in [-0.3, -0.25) is 4.79 Å². The second kappa shape index (κ2) is 2.86. The molecule has 2 atom stereocenters. The number of aromatic nitrogens is 1. The number of amides is 1. The first-order valence-electron chi connectivity index (χ1n) is 3.96. The van der Waals surface area contributed by atoms with Crippen LogP contribution in [0.5, 0.6) is 0 Å². The number of thiazole rings is 1. The van der Waals surface area contributed by atoms with E-state index in [0.29, 0.717) is 12.3 Å². The van der Waals surface area contributed by atoms with Gasteiger partial charge in [-0.1, -0.05) is 6.92 Å². The van der Waals surface area contributed by atoms with Gasteiger partial charge in [-0.25, -0.2) is 4.98 Å². The Morgan fingerprint density at radius 2 is 2.58 bits per heavy atom. The van der Waals surface area contributed by atoms with E-state index in [-0.39, 0.29) is 11.9 Å². The highest BCUT2D eigenvalue weighted by Crippen LogP contribution is 2.30. The Morgan fingerprint density at radius 1 is 1.75 bits per heavy atom. The monoisotopic (exact) mass is 182 g/mol. The summed E-state index contributed by atoms with van der Waals surface area (Å²) in [6.07, 6.45) is 2.40. The molecule has 3 nitrogen and oxygen atoms in total. The quantitative estimate of drug-likeness (QED) is 0.712. The van der Waals surface area contributed by atoms with Crippen LogP contribution in [0.3, 0.4) is 0 Å². The normalized spacial score (nSPS) is 28.9. The Balaban J connectivity index is 2.20. The topological polar surface area (TPSA) is 42.0 Å². The van der Waals surface area contributed by atoms with E-state index in [1.54, 1.807) is 17.5 Å². The maximum absolute atomic E-state index is 11.0. The van der Waals surface area contributed by atoms with Crippen molar-refractivity contribution in [2.24, 2.45) is 5.92 Å². The molecule has 2 rings (SSSR count). The fraction of sp³-hybridized carbons (Fsp3) is 0.500. The van der Waals surface area contributed by atoms with Crippen molar-refractivity contribution in [3.63, 3.8) is 0 Å². The first-order chi connectivity index (χ1) is 5.77. The van der Waals surface area contributed by atoms with E-state index < -0.39 is 0 Å². The van der Waals surface area contributed by atoms with Crippen LogP contribution in [-0.4, -0.2) is 10.9 Å². The molecule has 0 unspecified atom stereocenters. The van der Waals surface area contributed by atoms with Gasteiger partial charge in [0.05, 0.1) is 6.04 Å². The van der Waals surface area contributed by atoms with Crippen molar-refractivity contribution in [1.82, 2.24) is 10.3 Å². The summed E-state index contributed by atoms with van der Waals surface area (Å²) in [5, 5.41) is 5.87. The summed E-state index contributed by atoms with van der Waals surface area (Å²) in [6.45, 7) is 2.07. The molecular formula is C8H10N2OS. The van der Waals surface area contributed by atoms with Gasteiger partial charge in [-0.15, -0.1) is 11.3 Å². The molecule has 1 saturated heterocycles. The van der Waals surface area contributed by atoms with Crippen molar-refractivity contribution < 1.29 is 4.79 Å². The number of rotatable bonds is 1. The van der Waals surface area contributed by atoms with Crippen LogP contribution in [0.4, 0.5) is 0 Å². The minimum absolute atomic E-state index is 0.141. The smallest absolute Gasteiger partial charge is 0.220 e. The Hall–Kier alpha value is -0.900. The fourth-order valence-corrected chi connectivity index (χ4v) is 2.30. The molecule has 0 radical (unpaired) electrons. The molecular weight excluding hydrogens is 172 g/mol. The van der Waals surface area contributed by atoms with E-state index in [0.717, 1.165) is 5.01 Å². The second-order valence-electron chi connectivity index (χ2n) is 3.10. The first-order valence-corrected chi connectivity index (χ1v) is 4.84. The Labute approximate surface area is 74.8 Å². The Morgan fingerprint density at radius 3 is 3.08 bits per heavy atom. The number of hydrogen-bond acceptors (Lipinski definition) is 3. The van der Waals surface area contributed by atoms with Gasteiger partial charge in [0.25, 0.3) is 0 Å². The van der Waals surface area contributed by atoms with Crippen LogP contribution in [0.2, 0.25) is 0 Å². The molecule has 1 aliphatic heterocycles. The molecule has 1 aromatic heterocycles. The van der Waals surface area contributed by atoms with Crippen LogP contribution in [0.25, 0.3) is 0 Å². The number of nitrogens with zero attached hydrogens (tertiary/aromatic N) is 1. The lowest BCUT2D eigenvalue weighted by atomic mass is 10.0. The molecule has 0 spiro atoms. The molecule has 4 heteroatoms. The summed E-state index contributed by atoms with van der Waals surface area (Å²) in [7, 11) is 0. The van der Waals surface area contributed by atoms with Gasteiger partial charge in [0.15, 0.2) is 0 Å². The molecule has 0 aromatic carbocycles. The second-order valence-corrected chi connectivity index (χ2v) is 4.02. The lowest BCUT2D eigenvalue weighted by Gasteiger charge is -2.10. The average molecular weight is 182 g/mol. The van der Waals surface area contributed by atoms with E-state index in [1.807, 2.05) is 5.38 Å². The molecule has 1 fully saturated rings. The predicted molar refractivity (Wildman–Crippen MR) is 46.8 cm³/mol. The molecule has 64 valence electrons. The van der Waals surface area contributed by atoms with Gasteiger partial charge in [0.2, 0.25) is 5.91 Å². The highest BCUT2D eigenvalue weighted by atomic mass is 32.1. The number of carbonyl (C=O) groups is 1. The van der Waals surface area contributed by atoms with E-state index in [2.05, 4.69) is 17.2 Å². The number of hydrogen-bond donors (Lipinski definition) is 1. The minimum atomic E-state index is 0.141. The zero-order valence-corrected chi connectivity index (χ0v) is 7.60. The molecule has 2 heterocycles. The first kappa shape index (κ1) is 7.73. The zero-order chi connectivity index (χ0) is 8.55. The average Bonchev–Trinajstić information content (AvgIpc) is 2.58.